The number of hydrogen-bond donors (Lipinski definition) is 2. The summed E-state index contributed by atoms with van der Waals surface area (Å²) >= 11 is 6.47. The number of carboxylic acid groups (broad SMARTS) is 1. The Kier molecular flexibility index (Phi) is 5.61. The average molecular weight is 401 g/mol. The molecule has 0 saturated heterocycles. The standard InChI is InChI=1S/C10H11Br2NO4S/c11-7-3-4-8(12)9(6-7)13-18(16,17)5-1-2-10(14)15/h3-4,6,13H,1-2,5H2,(H,14,15). The number of benzene rings is 1. The van der Waals surface area contributed by atoms with Gasteiger partial charge in [-0.1, -0.05) is 15.9 Å². The number of carboxylic acids is 1. The van der Waals surface area contributed by atoms with Gasteiger partial charge in [-0.3, -0.25) is 9.52 Å². The number of aliphatic carboxylic acids is 1. The lowest BCUT2D eigenvalue weighted by Crippen LogP contribution is -2.17. The molecule has 0 aliphatic rings. The van der Waals surface area contributed by atoms with Crippen molar-refractivity contribution in [3.8, 4) is 0 Å². The normalized spacial score (nSPS) is 11.2. The predicted molar refractivity (Wildman–Crippen MR) is 76.1 cm³/mol. The summed E-state index contributed by atoms with van der Waals surface area (Å²) in [4.78, 5) is 10.3. The molecule has 0 spiro atoms. The molecule has 5 nitrogen and oxygen atoms in total. The zero-order chi connectivity index (χ0) is 13.8. The van der Waals surface area contributed by atoms with E-state index < -0.39 is 16.0 Å². The first-order valence-electron chi connectivity index (χ1n) is 4.97. The molecule has 2 N–H and O–H groups in total. The van der Waals surface area contributed by atoms with E-state index in [9.17, 15) is 13.2 Å². The quantitative estimate of drug-likeness (QED) is 0.768. The molecule has 0 aliphatic heterocycles. The third-order valence-electron chi connectivity index (χ3n) is 2.00. The van der Waals surface area contributed by atoms with Crippen LogP contribution in [0.25, 0.3) is 0 Å². The van der Waals surface area contributed by atoms with Gasteiger partial charge in [-0.05, 0) is 40.5 Å². The fraction of sp³-hybridized carbons (Fsp3) is 0.300. The molecular weight excluding hydrogens is 390 g/mol. The molecule has 0 fully saturated rings. The van der Waals surface area contributed by atoms with E-state index in [1.54, 1.807) is 18.2 Å². The van der Waals surface area contributed by atoms with Crippen LogP contribution in [0.1, 0.15) is 12.8 Å². The van der Waals surface area contributed by atoms with Gasteiger partial charge in [-0.2, -0.15) is 0 Å². The summed E-state index contributed by atoms with van der Waals surface area (Å²) in [6.07, 6.45) is -0.0865. The highest BCUT2D eigenvalue weighted by Gasteiger charge is 2.13. The van der Waals surface area contributed by atoms with Gasteiger partial charge in [-0.15, -0.1) is 0 Å². The number of anilines is 1. The fourth-order valence-corrected chi connectivity index (χ4v) is 3.18. The molecule has 1 aromatic carbocycles. The van der Waals surface area contributed by atoms with Crippen molar-refractivity contribution in [1.29, 1.82) is 0 Å². The number of sulfonamides is 1. The van der Waals surface area contributed by atoms with Crippen molar-refractivity contribution in [2.24, 2.45) is 0 Å². The summed E-state index contributed by atoms with van der Waals surface area (Å²) in [5.74, 6) is -1.23. The minimum Gasteiger partial charge on any atom is -0.481 e. The molecule has 0 aromatic heterocycles. The summed E-state index contributed by atoms with van der Waals surface area (Å²) < 4.78 is 27.2. The molecule has 0 unspecified atom stereocenters. The molecule has 1 rings (SSSR count). The van der Waals surface area contributed by atoms with Crippen molar-refractivity contribution >= 4 is 53.5 Å². The zero-order valence-corrected chi connectivity index (χ0v) is 13.2. The highest BCUT2D eigenvalue weighted by molar-refractivity contribution is 9.11. The molecule has 0 bridgehead atoms. The number of hydrogen-bond acceptors (Lipinski definition) is 3. The maximum atomic E-state index is 11.7. The molecule has 1 aromatic rings. The molecule has 0 saturated carbocycles. The van der Waals surface area contributed by atoms with Crippen LogP contribution in [0.15, 0.2) is 27.1 Å². The van der Waals surface area contributed by atoms with Crippen LogP contribution < -0.4 is 4.72 Å². The Morgan fingerprint density at radius 1 is 1.33 bits per heavy atom. The van der Waals surface area contributed by atoms with Crippen molar-refractivity contribution in [2.45, 2.75) is 12.8 Å². The molecule has 8 heteroatoms. The monoisotopic (exact) mass is 399 g/mol. The summed E-state index contributed by atoms with van der Waals surface area (Å²) in [7, 11) is -3.53. The van der Waals surface area contributed by atoms with Crippen LogP contribution in [0.5, 0.6) is 0 Å². The van der Waals surface area contributed by atoms with Gasteiger partial charge < -0.3 is 5.11 Å². The Morgan fingerprint density at radius 3 is 2.61 bits per heavy atom. The summed E-state index contributed by atoms with van der Waals surface area (Å²) in [5, 5.41) is 8.45. The Balaban J connectivity index is 2.70. The SMILES string of the molecule is O=C(O)CCCS(=O)(=O)Nc1cc(Br)ccc1Br. The lowest BCUT2D eigenvalue weighted by Gasteiger charge is -2.09. The Hall–Kier alpha value is -0.600. The second-order valence-electron chi connectivity index (χ2n) is 3.54. The van der Waals surface area contributed by atoms with Crippen molar-refractivity contribution < 1.29 is 18.3 Å². The van der Waals surface area contributed by atoms with Crippen LogP contribution in [0.4, 0.5) is 5.69 Å². The van der Waals surface area contributed by atoms with Crippen LogP contribution in [-0.4, -0.2) is 25.2 Å². The fourth-order valence-electron chi connectivity index (χ4n) is 1.21. The zero-order valence-electron chi connectivity index (χ0n) is 9.19. The first-order valence-corrected chi connectivity index (χ1v) is 8.21. The molecule has 100 valence electrons. The highest BCUT2D eigenvalue weighted by Crippen LogP contribution is 2.27. The van der Waals surface area contributed by atoms with Gasteiger partial charge in [0.05, 0.1) is 11.4 Å². The largest absolute Gasteiger partial charge is 0.481 e. The van der Waals surface area contributed by atoms with Gasteiger partial charge in [0.15, 0.2) is 0 Å². The maximum absolute atomic E-state index is 11.7. The van der Waals surface area contributed by atoms with Gasteiger partial charge in [-0.25, -0.2) is 8.42 Å². The second kappa shape index (κ2) is 6.53. The molecule has 18 heavy (non-hydrogen) atoms. The van der Waals surface area contributed by atoms with Crippen LogP contribution in [-0.2, 0) is 14.8 Å². The molecule has 0 atom stereocenters. The number of rotatable bonds is 6. The van der Waals surface area contributed by atoms with Crippen LogP contribution in [0.3, 0.4) is 0 Å². The molecule has 0 radical (unpaired) electrons. The van der Waals surface area contributed by atoms with Gasteiger partial charge >= 0.3 is 5.97 Å². The predicted octanol–water partition coefficient (Wildman–Crippen LogP) is 2.82. The minimum absolute atomic E-state index is 0.0797. The molecule has 0 heterocycles. The van der Waals surface area contributed by atoms with E-state index in [0.717, 1.165) is 4.47 Å². The second-order valence-corrected chi connectivity index (χ2v) is 7.15. The van der Waals surface area contributed by atoms with Gasteiger partial charge in [0.1, 0.15) is 0 Å². The Labute approximate surface area is 122 Å². The first kappa shape index (κ1) is 15.5. The number of nitrogens with one attached hydrogen (secondary N) is 1. The van der Waals surface area contributed by atoms with Crippen LogP contribution >= 0.6 is 31.9 Å². The molecule has 0 aliphatic carbocycles. The van der Waals surface area contributed by atoms with E-state index in [4.69, 9.17) is 5.11 Å². The van der Waals surface area contributed by atoms with Crippen molar-refractivity contribution in [3.05, 3.63) is 27.1 Å². The summed E-state index contributed by atoms with van der Waals surface area (Å²) in [6.45, 7) is 0. The van der Waals surface area contributed by atoms with E-state index >= 15 is 0 Å². The lowest BCUT2D eigenvalue weighted by molar-refractivity contribution is -0.137. The van der Waals surface area contributed by atoms with Crippen molar-refractivity contribution in [2.75, 3.05) is 10.5 Å². The number of carbonyl (C=O) groups is 1. The lowest BCUT2D eigenvalue weighted by atomic mass is 10.3. The van der Waals surface area contributed by atoms with Crippen LogP contribution in [0, 0.1) is 0 Å². The van der Waals surface area contributed by atoms with E-state index in [2.05, 4.69) is 36.6 Å². The maximum Gasteiger partial charge on any atom is 0.303 e. The van der Waals surface area contributed by atoms with E-state index in [0.29, 0.717) is 10.2 Å². The van der Waals surface area contributed by atoms with Gasteiger partial charge in [0, 0.05) is 15.4 Å². The van der Waals surface area contributed by atoms with E-state index in [1.807, 2.05) is 0 Å². The van der Waals surface area contributed by atoms with Gasteiger partial charge in [0.25, 0.3) is 0 Å². The average Bonchev–Trinajstić information content (AvgIpc) is 2.22. The smallest absolute Gasteiger partial charge is 0.303 e. The molecular formula is C10H11Br2NO4S. The topological polar surface area (TPSA) is 83.5 Å². The van der Waals surface area contributed by atoms with E-state index in [-0.39, 0.29) is 18.6 Å². The summed E-state index contributed by atoms with van der Waals surface area (Å²) in [6, 6.07) is 5.10. The van der Waals surface area contributed by atoms with Crippen molar-refractivity contribution in [3.63, 3.8) is 0 Å². The highest BCUT2D eigenvalue weighted by atomic mass is 79.9. The van der Waals surface area contributed by atoms with Crippen molar-refractivity contribution in [1.82, 2.24) is 0 Å². The molecule has 0 amide bonds. The van der Waals surface area contributed by atoms with Gasteiger partial charge in [0.2, 0.25) is 10.0 Å². The third-order valence-corrected chi connectivity index (χ3v) is 4.54. The summed E-state index contributed by atoms with van der Waals surface area (Å²) in [5.41, 5.74) is 0.416. The third kappa shape index (κ3) is 5.36. The Bertz CT molecular complexity index is 545. The minimum atomic E-state index is -3.53. The van der Waals surface area contributed by atoms with E-state index in [1.165, 1.54) is 0 Å². The van der Waals surface area contributed by atoms with Crippen LogP contribution in [0.2, 0.25) is 0 Å². The number of halogens is 2. The first-order chi connectivity index (χ1) is 8.30. The Morgan fingerprint density at radius 2 is 2.00 bits per heavy atom.